The number of esters is 1. The molecule has 184 valence electrons. The van der Waals surface area contributed by atoms with Gasteiger partial charge in [-0.3, -0.25) is 4.79 Å². The van der Waals surface area contributed by atoms with Gasteiger partial charge in [0.2, 0.25) is 5.75 Å². The number of aromatic nitrogens is 1. The summed E-state index contributed by atoms with van der Waals surface area (Å²) in [5.41, 5.74) is 3.60. The Morgan fingerprint density at radius 2 is 1.57 bits per heavy atom. The average molecular weight is 479 g/mol. The third-order valence-corrected chi connectivity index (χ3v) is 5.75. The molecule has 35 heavy (non-hydrogen) atoms. The number of hydrogen-bond acceptors (Lipinski definition) is 6. The number of rotatable bonds is 8. The van der Waals surface area contributed by atoms with Crippen LogP contribution >= 0.6 is 0 Å². The zero-order valence-corrected chi connectivity index (χ0v) is 20.4. The van der Waals surface area contributed by atoms with Crippen molar-refractivity contribution in [2.75, 3.05) is 7.11 Å². The largest absolute Gasteiger partial charge is 0.618 e. The van der Waals surface area contributed by atoms with Crippen LogP contribution in [0.25, 0.3) is 0 Å². The van der Waals surface area contributed by atoms with E-state index in [4.69, 9.17) is 9.47 Å². The molecule has 0 saturated carbocycles. The molecule has 0 aliphatic rings. The number of amides is 1. The van der Waals surface area contributed by atoms with Gasteiger partial charge in [0.15, 0.2) is 11.9 Å². The fourth-order valence-electron chi connectivity index (χ4n) is 4.02. The van der Waals surface area contributed by atoms with Gasteiger partial charge in [0, 0.05) is 12.0 Å². The monoisotopic (exact) mass is 478 g/mol. The van der Waals surface area contributed by atoms with E-state index in [9.17, 15) is 19.9 Å². The molecule has 0 radical (unpaired) electrons. The molecule has 0 aliphatic heterocycles. The molecule has 2 atom stereocenters. The van der Waals surface area contributed by atoms with Crippen molar-refractivity contribution >= 4 is 11.9 Å². The van der Waals surface area contributed by atoms with Gasteiger partial charge in [-0.1, -0.05) is 59.7 Å². The van der Waals surface area contributed by atoms with E-state index in [2.05, 4.69) is 17.4 Å². The Bertz CT molecular complexity index is 1180. The SMILES string of the molecule is COc1cc[n+]([O-])c(C(=O)N[C@@H](C)C(=O)O[C@@H](C)C(c2cccc(C)c2)c2cccc(C)c2)c1O. The van der Waals surface area contributed by atoms with E-state index in [1.54, 1.807) is 6.92 Å². The van der Waals surface area contributed by atoms with E-state index in [1.165, 1.54) is 20.1 Å². The molecule has 0 unspecified atom stereocenters. The Morgan fingerprint density at radius 1 is 1.00 bits per heavy atom. The third kappa shape index (κ3) is 5.90. The summed E-state index contributed by atoms with van der Waals surface area (Å²) in [6, 6.07) is 16.2. The highest BCUT2D eigenvalue weighted by Crippen LogP contribution is 2.31. The van der Waals surface area contributed by atoms with Crippen LogP contribution in [0.5, 0.6) is 11.5 Å². The summed E-state index contributed by atoms with van der Waals surface area (Å²) in [7, 11) is 1.30. The lowest BCUT2D eigenvalue weighted by Gasteiger charge is -2.27. The molecule has 3 aromatic rings. The van der Waals surface area contributed by atoms with Crippen LogP contribution < -0.4 is 14.8 Å². The van der Waals surface area contributed by atoms with Crippen LogP contribution in [0.2, 0.25) is 0 Å². The first-order valence-corrected chi connectivity index (χ1v) is 11.3. The van der Waals surface area contributed by atoms with Crippen LogP contribution in [0.15, 0.2) is 60.8 Å². The Morgan fingerprint density at radius 3 is 2.09 bits per heavy atom. The molecule has 1 heterocycles. The van der Waals surface area contributed by atoms with Crippen LogP contribution in [0.1, 0.15) is 52.5 Å². The maximum atomic E-state index is 12.9. The van der Waals surface area contributed by atoms with Crippen molar-refractivity contribution in [3.8, 4) is 11.5 Å². The van der Waals surface area contributed by atoms with Gasteiger partial charge in [0.25, 0.3) is 0 Å². The summed E-state index contributed by atoms with van der Waals surface area (Å²) in [6.45, 7) is 7.26. The van der Waals surface area contributed by atoms with E-state index >= 15 is 0 Å². The van der Waals surface area contributed by atoms with Crippen LogP contribution in [-0.4, -0.2) is 36.2 Å². The quantitative estimate of drug-likeness (QED) is 0.291. The molecule has 2 N–H and O–H groups in total. The maximum absolute atomic E-state index is 12.9. The topological polar surface area (TPSA) is 112 Å². The standard InChI is InChI=1S/C27H30N2O6/c1-16-8-6-10-20(14-16)23(21-11-7-9-17(2)15-21)19(4)35-27(32)18(3)28-26(31)24-25(30)22(34-5)12-13-29(24)33/h6-15,18-19,23,30H,1-5H3,(H,28,31)/t18-,19-/m0/s1. The van der Waals surface area contributed by atoms with Gasteiger partial charge in [-0.2, -0.15) is 4.73 Å². The summed E-state index contributed by atoms with van der Waals surface area (Å²) in [4.78, 5) is 25.6. The minimum absolute atomic E-state index is 0.0368. The Hall–Kier alpha value is -4.07. The number of hydrogen-bond donors (Lipinski definition) is 2. The van der Waals surface area contributed by atoms with Crippen molar-refractivity contribution in [2.24, 2.45) is 0 Å². The normalized spacial score (nSPS) is 12.6. The predicted molar refractivity (Wildman–Crippen MR) is 130 cm³/mol. The lowest BCUT2D eigenvalue weighted by molar-refractivity contribution is -0.608. The first-order chi connectivity index (χ1) is 16.6. The number of carbonyl (C=O) groups is 2. The molecular formula is C27H30N2O6. The number of aromatic hydroxyl groups is 1. The smallest absolute Gasteiger partial charge is 0.328 e. The number of carbonyl (C=O) groups excluding carboxylic acids is 2. The molecular weight excluding hydrogens is 448 g/mol. The van der Waals surface area contributed by atoms with Crippen LogP contribution in [-0.2, 0) is 9.53 Å². The van der Waals surface area contributed by atoms with E-state index in [-0.39, 0.29) is 16.4 Å². The van der Waals surface area contributed by atoms with Crippen molar-refractivity contribution < 1.29 is 28.9 Å². The molecule has 8 heteroatoms. The predicted octanol–water partition coefficient (Wildman–Crippen LogP) is 3.53. The van der Waals surface area contributed by atoms with Crippen molar-refractivity contribution in [2.45, 2.75) is 45.8 Å². The molecule has 0 saturated heterocycles. The number of methoxy groups -OCH3 is 1. The zero-order valence-electron chi connectivity index (χ0n) is 20.4. The van der Waals surface area contributed by atoms with Gasteiger partial charge in [-0.05, 0) is 38.8 Å². The highest BCUT2D eigenvalue weighted by molar-refractivity contribution is 5.96. The third-order valence-electron chi connectivity index (χ3n) is 5.75. The van der Waals surface area contributed by atoms with Gasteiger partial charge in [0.05, 0.1) is 7.11 Å². The van der Waals surface area contributed by atoms with Crippen molar-refractivity contribution in [3.63, 3.8) is 0 Å². The Kier molecular flexibility index (Phi) is 7.96. The van der Waals surface area contributed by atoms with Crippen LogP contribution in [0.4, 0.5) is 0 Å². The molecule has 0 spiro atoms. The van der Waals surface area contributed by atoms with Crippen LogP contribution in [0, 0.1) is 19.1 Å². The van der Waals surface area contributed by atoms with Gasteiger partial charge in [0.1, 0.15) is 12.1 Å². The lowest BCUT2D eigenvalue weighted by Crippen LogP contribution is -2.46. The van der Waals surface area contributed by atoms with Crippen LogP contribution in [0.3, 0.4) is 0 Å². The lowest BCUT2D eigenvalue weighted by atomic mass is 9.86. The zero-order chi connectivity index (χ0) is 25.7. The fraction of sp³-hybridized carbons (Fsp3) is 0.296. The molecule has 1 aromatic heterocycles. The highest BCUT2D eigenvalue weighted by atomic mass is 16.5. The minimum Gasteiger partial charge on any atom is -0.618 e. The average Bonchev–Trinajstić information content (AvgIpc) is 2.79. The van der Waals surface area contributed by atoms with Crippen molar-refractivity contribution in [3.05, 3.63) is 93.9 Å². The summed E-state index contributed by atoms with van der Waals surface area (Å²) in [6.07, 6.45) is 0.479. The molecule has 0 bridgehead atoms. The molecule has 3 rings (SSSR count). The second kappa shape index (κ2) is 10.9. The van der Waals surface area contributed by atoms with Crippen molar-refractivity contribution in [1.29, 1.82) is 0 Å². The van der Waals surface area contributed by atoms with E-state index in [0.29, 0.717) is 0 Å². The van der Waals surface area contributed by atoms with E-state index < -0.39 is 35.5 Å². The number of pyridine rings is 1. The Labute approximate surface area is 204 Å². The Balaban J connectivity index is 1.80. The fourth-order valence-corrected chi connectivity index (χ4v) is 4.02. The summed E-state index contributed by atoms with van der Waals surface area (Å²) in [5.74, 6) is -2.48. The second-order valence-corrected chi connectivity index (χ2v) is 8.55. The summed E-state index contributed by atoms with van der Waals surface area (Å²) >= 11 is 0. The van der Waals surface area contributed by atoms with E-state index in [1.807, 2.05) is 50.2 Å². The first kappa shape index (κ1) is 25.6. The molecule has 8 nitrogen and oxygen atoms in total. The molecule has 0 fully saturated rings. The molecule has 0 aliphatic carbocycles. The molecule has 1 amide bonds. The van der Waals surface area contributed by atoms with E-state index in [0.717, 1.165) is 28.5 Å². The van der Waals surface area contributed by atoms with Gasteiger partial charge >= 0.3 is 17.6 Å². The number of benzene rings is 2. The number of nitrogens with one attached hydrogen (secondary N) is 1. The second-order valence-electron chi connectivity index (χ2n) is 8.55. The molecule has 2 aromatic carbocycles. The van der Waals surface area contributed by atoms with Gasteiger partial charge in [-0.15, -0.1) is 0 Å². The van der Waals surface area contributed by atoms with Crippen molar-refractivity contribution in [1.82, 2.24) is 5.32 Å². The summed E-state index contributed by atoms with van der Waals surface area (Å²) < 4.78 is 10.9. The number of ether oxygens (including phenoxy) is 2. The van der Waals surface area contributed by atoms with Gasteiger partial charge < -0.3 is 25.1 Å². The first-order valence-electron chi connectivity index (χ1n) is 11.3. The number of aryl methyl sites for hydroxylation is 2. The van der Waals surface area contributed by atoms with Gasteiger partial charge in [-0.25, -0.2) is 4.79 Å². The number of nitrogens with zero attached hydrogens (tertiary/aromatic N) is 1. The maximum Gasteiger partial charge on any atom is 0.328 e. The summed E-state index contributed by atoms with van der Waals surface area (Å²) in [5, 5.41) is 24.7. The highest BCUT2D eigenvalue weighted by Gasteiger charge is 2.31. The minimum atomic E-state index is -1.08.